The molecule has 0 atom stereocenters. The van der Waals surface area contributed by atoms with Crippen LogP contribution in [0.25, 0.3) is 22.3 Å². The van der Waals surface area contributed by atoms with E-state index in [2.05, 4.69) is 32.1 Å². The molecule has 5 rings (SSSR count). The zero-order valence-electron chi connectivity index (χ0n) is 19.8. The van der Waals surface area contributed by atoms with Crippen molar-refractivity contribution in [2.24, 2.45) is 0 Å². The van der Waals surface area contributed by atoms with Gasteiger partial charge in [0.1, 0.15) is 23.7 Å². The minimum Gasteiger partial charge on any atom is -0.383 e. The zero-order valence-corrected chi connectivity index (χ0v) is 19.8. The molecule has 2 amide bonds. The van der Waals surface area contributed by atoms with E-state index in [1.165, 1.54) is 6.33 Å². The minimum atomic E-state index is -0.259. The monoisotopic (exact) mass is 480 g/mol. The molecule has 1 aliphatic rings. The summed E-state index contributed by atoms with van der Waals surface area (Å²) < 4.78 is 1.87. The maximum atomic E-state index is 12.6. The van der Waals surface area contributed by atoms with Gasteiger partial charge < -0.3 is 16.0 Å². The van der Waals surface area contributed by atoms with Gasteiger partial charge in [-0.25, -0.2) is 19.6 Å². The van der Waals surface area contributed by atoms with E-state index in [4.69, 9.17) is 10.8 Å². The van der Waals surface area contributed by atoms with Crippen LogP contribution in [-0.2, 0) is 4.79 Å². The van der Waals surface area contributed by atoms with Gasteiger partial charge in [-0.15, -0.1) is 0 Å². The predicted octanol–water partition coefficient (Wildman–Crippen LogP) is 2.91. The maximum Gasteiger partial charge on any atom is 0.298 e. The third-order valence-corrected chi connectivity index (χ3v) is 6.38. The first-order chi connectivity index (χ1) is 17.5. The largest absolute Gasteiger partial charge is 0.383 e. The first kappa shape index (κ1) is 23.0. The average molecular weight is 481 g/mol. The van der Waals surface area contributed by atoms with E-state index in [9.17, 15) is 9.59 Å². The molecule has 0 bridgehead atoms. The lowest BCUT2D eigenvalue weighted by atomic mass is 9.85. The number of rotatable bonds is 5. The quantitative estimate of drug-likeness (QED) is 0.420. The minimum absolute atomic E-state index is 0.0637. The van der Waals surface area contributed by atoms with Gasteiger partial charge in [-0.1, -0.05) is 24.1 Å². The Hall–Kier alpha value is -4.78. The molecular weight excluding hydrogens is 456 g/mol. The molecule has 0 unspecified atom stereocenters. The number of hydrogen-bond acceptors (Lipinski definition) is 7. The van der Waals surface area contributed by atoms with Crippen molar-refractivity contribution < 1.29 is 9.59 Å². The second-order valence-corrected chi connectivity index (χ2v) is 8.57. The lowest BCUT2D eigenvalue weighted by molar-refractivity contribution is -0.128. The summed E-state index contributed by atoms with van der Waals surface area (Å²) in [5.74, 6) is 5.60. The van der Waals surface area contributed by atoms with Crippen LogP contribution in [0, 0.1) is 11.8 Å². The Balaban J connectivity index is 1.40. The molecule has 36 heavy (non-hydrogen) atoms. The third kappa shape index (κ3) is 4.22. The van der Waals surface area contributed by atoms with Crippen molar-refractivity contribution in [1.29, 1.82) is 0 Å². The SMILES string of the molecule is CC#CC(=O)N(C)C1CC(n2nc(-c3ccc(C(=O)Nc4ccccn4)cc3)c3c(N)ncnc32)C1. The number of fused-ring (bicyclic) bond motifs is 1. The van der Waals surface area contributed by atoms with E-state index in [-0.39, 0.29) is 23.9 Å². The summed E-state index contributed by atoms with van der Waals surface area (Å²) in [6, 6.07) is 12.6. The number of nitrogens with one attached hydrogen (secondary N) is 1. The second kappa shape index (κ2) is 9.46. The number of carbonyl (C=O) groups is 2. The van der Waals surface area contributed by atoms with E-state index in [0.29, 0.717) is 33.9 Å². The van der Waals surface area contributed by atoms with Gasteiger partial charge in [-0.05, 0) is 50.0 Å². The Morgan fingerprint density at radius 1 is 1.11 bits per heavy atom. The highest BCUT2D eigenvalue weighted by atomic mass is 16.2. The fourth-order valence-electron chi connectivity index (χ4n) is 4.29. The topological polar surface area (TPSA) is 132 Å². The molecule has 3 aromatic heterocycles. The van der Waals surface area contributed by atoms with Gasteiger partial charge in [0.2, 0.25) is 0 Å². The molecule has 10 nitrogen and oxygen atoms in total. The molecule has 1 aliphatic carbocycles. The molecule has 1 saturated carbocycles. The smallest absolute Gasteiger partial charge is 0.298 e. The van der Waals surface area contributed by atoms with Crippen molar-refractivity contribution in [1.82, 2.24) is 29.6 Å². The van der Waals surface area contributed by atoms with E-state index in [1.807, 2.05) is 16.8 Å². The highest BCUT2D eigenvalue weighted by Crippen LogP contribution is 2.39. The van der Waals surface area contributed by atoms with E-state index in [1.54, 1.807) is 55.4 Å². The number of pyridine rings is 1. The van der Waals surface area contributed by atoms with Crippen LogP contribution in [0.3, 0.4) is 0 Å². The summed E-state index contributed by atoms with van der Waals surface area (Å²) in [5, 5.41) is 8.29. The number of amides is 2. The standard InChI is InChI=1S/C26H24N8O2/c1-3-6-21(35)33(2)18-13-19(14-18)34-25-22(24(27)29-15-30-25)23(32-34)16-8-10-17(11-9-16)26(36)31-20-7-4-5-12-28-20/h4-5,7-12,15,18-19H,13-14H2,1-2H3,(H2,27,29,30)(H,28,31,36). The van der Waals surface area contributed by atoms with Gasteiger partial charge in [0.25, 0.3) is 11.8 Å². The van der Waals surface area contributed by atoms with Gasteiger partial charge >= 0.3 is 0 Å². The number of nitrogen functional groups attached to an aromatic ring is 1. The number of anilines is 2. The summed E-state index contributed by atoms with van der Waals surface area (Å²) in [4.78, 5) is 39.1. The summed E-state index contributed by atoms with van der Waals surface area (Å²) in [6.45, 7) is 1.65. The Kier molecular flexibility index (Phi) is 6.04. The van der Waals surface area contributed by atoms with Crippen LogP contribution < -0.4 is 11.1 Å². The van der Waals surface area contributed by atoms with Crippen molar-refractivity contribution in [3.05, 3.63) is 60.6 Å². The molecule has 0 saturated heterocycles. The van der Waals surface area contributed by atoms with Crippen LogP contribution in [0.2, 0.25) is 0 Å². The van der Waals surface area contributed by atoms with Crippen LogP contribution >= 0.6 is 0 Å². The number of benzene rings is 1. The normalized spacial score (nSPS) is 16.5. The summed E-state index contributed by atoms with van der Waals surface area (Å²) in [5.41, 5.74) is 8.79. The van der Waals surface area contributed by atoms with E-state index < -0.39 is 0 Å². The van der Waals surface area contributed by atoms with E-state index >= 15 is 0 Å². The van der Waals surface area contributed by atoms with Crippen molar-refractivity contribution in [3.63, 3.8) is 0 Å². The molecule has 1 fully saturated rings. The highest BCUT2D eigenvalue weighted by Gasteiger charge is 2.37. The Labute approximate surface area is 207 Å². The van der Waals surface area contributed by atoms with Gasteiger partial charge in [0.05, 0.1) is 11.4 Å². The van der Waals surface area contributed by atoms with Crippen molar-refractivity contribution >= 4 is 34.5 Å². The molecule has 0 aliphatic heterocycles. The molecule has 180 valence electrons. The van der Waals surface area contributed by atoms with Crippen LogP contribution in [0.15, 0.2) is 55.0 Å². The molecule has 3 N–H and O–H groups in total. The van der Waals surface area contributed by atoms with Gasteiger partial charge in [-0.3, -0.25) is 9.59 Å². The van der Waals surface area contributed by atoms with Crippen LogP contribution in [0.4, 0.5) is 11.6 Å². The summed E-state index contributed by atoms with van der Waals surface area (Å²) >= 11 is 0. The lowest BCUT2D eigenvalue weighted by Gasteiger charge is -2.40. The summed E-state index contributed by atoms with van der Waals surface area (Å²) in [7, 11) is 1.77. The zero-order chi connectivity index (χ0) is 25.2. The highest BCUT2D eigenvalue weighted by molar-refractivity contribution is 6.04. The van der Waals surface area contributed by atoms with E-state index in [0.717, 1.165) is 18.4 Å². The van der Waals surface area contributed by atoms with Crippen molar-refractivity contribution in [2.75, 3.05) is 18.1 Å². The number of nitrogens with two attached hydrogens (primary N) is 1. The molecular formula is C26H24N8O2. The van der Waals surface area contributed by atoms with Crippen LogP contribution in [0.1, 0.15) is 36.2 Å². The number of carbonyl (C=O) groups excluding carboxylic acids is 2. The average Bonchev–Trinajstić information content (AvgIpc) is 3.24. The second-order valence-electron chi connectivity index (χ2n) is 8.57. The number of nitrogens with zero attached hydrogens (tertiary/aromatic N) is 6. The predicted molar refractivity (Wildman–Crippen MR) is 136 cm³/mol. The fraction of sp³-hybridized carbons (Fsp3) is 0.231. The summed E-state index contributed by atoms with van der Waals surface area (Å²) in [6.07, 6.45) is 4.51. The molecule has 10 heteroatoms. The van der Waals surface area contributed by atoms with Gasteiger partial charge in [-0.2, -0.15) is 5.10 Å². The lowest BCUT2D eigenvalue weighted by Crippen LogP contribution is -2.46. The molecule has 3 heterocycles. The van der Waals surface area contributed by atoms with Crippen LogP contribution in [0.5, 0.6) is 0 Å². The van der Waals surface area contributed by atoms with Crippen molar-refractivity contribution in [3.8, 4) is 23.1 Å². The third-order valence-electron chi connectivity index (χ3n) is 6.38. The Morgan fingerprint density at radius 3 is 2.58 bits per heavy atom. The first-order valence-electron chi connectivity index (χ1n) is 11.5. The molecule has 0 spiro atoms. The number of aromatic nitrogens is 5. The Bertz CT molecular complexity index is 1500. The number of hydrogen-bond donors (Lipinski definition) is 2. The van der Waals surface area contributed by atoms with Crippen molar-refractivity contribution in [2.45, 2.75) is 31.8 Å². The Morgan fingerprint density at radius 2 is 1.89 bits per heavy atom. The molecule has 4 aromatic rings. The van der Waals surface area contributed by atoms with Crippen LogP contribution in [-0.4, -0.2) is 54.5 Å². The maximum absolute atomic E-state index is 12.6. The van der Waals surface area contributed by atoms with Gasteiger partial charge in [0.15, 0.2) is 5.65 Å². The molecule has 1 aromatic carbocycles. The molecule has 0 radical (unpaired) electrons. The first-order valence-corrected chi connectivity index (χ1v) is 11.5. The fourth-order valence-corrected chi connectivity index (χ4v) is 4.29. The van der Waals surface area contributed by atoms with Gasteiger partial charge in [0, 0.05) is 30.4 Å².